The predicted octanol–water partition coefficient (Wildman–Crippen LogP) is 2.49. The van der Waals surface area contributed by atoms with Crippen molar-refractivity contribution >= 4 is 11.3 Å². The van der Waals surface area contributed by atoms with Crippen LogP contribution in [0.15, 0.2) is 16.8 Å². The van der Waals surface area contributed by atoms with Crippen LogP contribution >= 0.6 is 11.3 Å². The van der Waals surface area contributed by atoms with E-state index in [4.69, 9.17) is 0 Å². The Bertz CT molecular complexity index is 332. The highest BCUT2D eigenvalue weighted by molar-refractivity contribution is 7.07. The molecule has 1 aromatic heterocycles. The van der Waals surface area contributed by atoms with Crippen molar-refractivity contribution in [3.05, 3.63) is 22.4 Å². The number of nitrogens with one attached hydrogen (secondary N) is 1. The van der Waals surface area contributed by atoms with E-state index in [9.17, 15) is 0 Å². The molecule has 0 spiro atoms. The van der Waals surface area contributed by atoms with E-state index < -0.39 is 0 Å². The number of thiophene rings is 1. The van der Waals surface area contributed by atoms with Crippen LogP contribution in [0.25, 0.3) is 0 Å². The van der Waals surface area contributed by atoms with Crippen molar-refractivity contribution in [2.24, 2.45) is 5.92 Å². The van der Waals surface area contributed by atoms with Gasteiger partial charge in [0.1, 0.15) is 0 Å². The molecule has 0 amide bonds. The van der Waals surface area contributed by atoms with Crippen molar-refractivity contribution < 1.29 is 0 Å². The maximum atomic E-state index is 3.67. The van der Waals surface area contributed by atoms with Crippen LogP contribution < -0.4 is 5.32 Å². The van der Waals surface area contributed by atoms with Gasteiger partial charge in [-0.05, 0) is 48.1 Å². The Morgan fingerprint density at radius 3 is 3.06 bits per heavy atom. The van der Waals surface area contributed by atoms with Gasteiger partial charge in [-0.1, -0.05) is 0 Å². The summed E-state index contributed by atoms with van der Waals surface area (Å²) in [6.07, 6.45) is 2.89. The molecule has 0 bridgehead atoms. The van der Waals surface area contributed by atoms with Crippen molar-refractivity contribution in [1.82, 2.24) is 10.2 Å². The van der Waals surface area contributed by atoms with Gasteiger partial charge in [0, 0.05) is 31.7 Å². The van der Waals surface area contributed by atoms with Crippen molar-refractivity contribution in [2.45, 2.75) is 31.8 Å². The molecule has 3 rings (SSSR count). The minimum absolute atomic E-state index is 0.592. The monoisotopic (exact) mass is 236 g/mol. The third-order valence-electron chi connectivity index (χ3n) is 4.00. The van der Waals surface area contributed by atoms with Crippen LogP contribution in [0.4, 0.5) is 0 Å². The molecule has 2 heterocycles. The topological polar surface area (TPSA) is 15.3 Å². The largest absolute Gasteiger partial charge is 0.311 e. The number of piperazine rings is 1. The molecular weight excluding hydrogens is 216 g/mol. The van der Waals surface area contributed by atoms with Crippen LogP contribution in [-0.2, 0) is 0 Å². The summed E-state index contributed by atoms with van der Waals surface area (Å²) in [7, 11) is 0. The summed E-state index contributed by atoms with van der Waals surface area (Å²) in [6, 6.07) is 3.62. The van der Waals surface area contributed by atoms with Crippen LogP contribution in [0.5, 0.6) is 0 Å². The van der Waals surface area contributed by atoms with E-state index >= 15 is 0 Å². The van der Waals surface area contributed by atoms with Gasteiger partial charge in [0.15, 0.2) is 0 Å². The fourth-order valence-electron chi connectivity index (χ4n) is 2.69. The highest BCUT2D eigenvalue weighted by Gasteiger charge is 2.35. The van der Waals surface area contributed by atoms with Gasteiger partial charge in [-0.2, -0.15) is 11.3 Å². The van der Waals surface area contributed by atoms with Gasteiger partial charge in [0.2, 0.25) is 0 Å². The molecular formula is C13H20N2S. The molecule has 1 saturated carbocycles. The van der Waals surface area contributed by atoms with E-state index in [1.807, 2.05) is 11.3 Å². The fourth-order valence-corrected chi connectivity index (χ4v) is 3.44. The SMILES string of the molecule is CC(c1ccsc1)N1CCNC(C2CC2)C1. The molecule has 2 atom stereocenters. The first kappa shape index (κ1) is 10.8. The van der Waals surface area contributed by atoms with Gasteiger partial charge in [0.25, 0.3) is 0 Å². The molecule has 1 saturated heterocycles. The summed E-state index contributed by atoms with van der Waals surface area (Å²) in [6.45, 7) is 5.94. The molecule has 2 nitrogen and oxygen atoms in total. The van der Waals surface area contributed by atoms with Crippen LogP contribution in [0.2, 0.25) is 0 Å². The quantitative estimate of drug-likeness (QED) is 0.867. The van der Waals surface area contributed by atoms with Gasteiger partial charge in [-0.25, -0.2) is 0 Å². The standard InChI is InChI=1S/C13H20N2S/c1-10(12-4-7-16-9-12)15-6-5-14-13(8-15)11-2-3-11/h4,7,9-11,13-14H,2-3,5-6,8H2,1H3. The third-order valence-corrected chi connectivity index (χ3v) is 4.70. The second-order valence-corrected chi connectivity index (χ2v) is 5.91. The highest BCUT2D eigenvalue weighted by atomic mass is 32.1. The van der Waals surface area contributed by atoms with Gasteiger partial charge >= 0.3 is 0 Å². The van der Waals surface area contributed by atoms with Crippen LogP contribution in [0, 0.1) is 5.92 Å². The van der Waals surface area contributed by atoms with Gasteiger partial charge in [-0.3, -0.25) is 4.90 Å². The average molecular weight is 236 g/mol. The van der Waals surface area contributed by atoms with E-state index in [1.165, 1.54) is 31.5 Å². The molecule has 1 aliphatic heterocycles. The molecule has 16 heavy (non-hydrogen) atoms. The van der Waals surface area contributed by atoms with Crippen LogP contribution in [-0.4, -0.2) is 30.6 Å². The lowest BCUT2D eigenvalue weighted by Crippen LogP contribution is -2.52. The summed E-state index contributed by atoms with van der Waals surface area (Å²) in [5.41, 5.74) is 1.49. The zero-order chi connectivity index (χ0) is 11.0. The highest BCUT2D eigenvalue weighted by Crippen LogP contribution is 2.35. The smallest absolute Gasteiger partial charge is 0.0329 e. The maximum absolute atomic E-state index is 3.67. The van der Waals surface area contributed by atoms with E-state index in [1.54, 1.807) is 0 Å². The number of hydrogen-bond donors (Lipinski definition) is 1. The summed E-state index contributed by atoms with van der Waals surface area (Å²) >= 11 is 1.81. The first-order valence-electron chi connectivity index (χ1n) is 6.34. The minimum atomic E-state index is 0.592. The Balaban J connectivity index is 1.65. The van der Waals surface area contributed by atoms with Gasteiger partial charge in [0.05, 0.1) is 0 Å². The Kier molecular flexibility index (Phi) is 3.01. The second-order valence-electron chi connectivity index (χ2n) is 5.13. The van der Waals surface area contributed by atoms with E-state index in [0.717, 1.165) is 18.5 Å². The fraction of sp³-hybridized carbons (Fsp3) is 0.692. The summed E-state index contributed by atoms with van der Waals surface area (Å²) < 4.78 is 0. The Morgan fingerprint density at radius 1 is 1.50 bits per heavy atom. The average Bonchev–Trinajstić information content (AvgIpc) is 3.04. The number of hydrogen-bond acceptors (Lipinski definition) is 3. The molecule has 2 aliphatic rings. The second kappa shape index (κ2) is 4.47. The Hall–Kier alpha value is -0.380. The van der Waals surface area contributed by atoms with Crippen LogP contribution in [0.1, 0.15) is 31.4 Å². The van der Waals surface area contributed by atoms with Gasteiger partial charge in [-0.15, -0.1) is 0 Å². The zero-order valence-corrected chi connectivity index (χ0v) is 10.7. The van der Waals surface area contributed by atoms with E-state index in [-0.39, 0.29) is 0 Å². The summed E-state index contributed by atoms with van der Waals surface area (Å²) in [5, 5.41) is 8.15. The molecule has 3 heteroatoms. The lowest BCUT2D eigenvalue weighted by atomic mass is 10.1. The predicted molar refractivity (Wildman–Crippen MR) is 68.8 cm³/mol. The molecule has 0 radical (unpaired) electrons. The molecule has 88 valence electrons. The Labute approximate surface area is 102 Å². The van der Waals surface area contributed by atoms with Gasteiger partial charge < -0.3 is 5.32 Å². The summed E-state index contributed by atoms with van der Waals surface area (Å²) in [4.78, 5) is 2.64. The first-order valence-corrected chi connectivity index (χ1v) is 7.28. The molecule has 1 aliphatic carbocycles. The lowest BCUT2D eigenvalue weighted by molar-refractivity contribution is 0.145. The Morgan fingerprint density at radius 2 is 2.38 bits per heavy atom. The van der Waals surface area contributed by atoms with Crippen molar-refractivity contribution in [3.63, 3.8) is 0 Å². The maximum Gasteiger partial charge on any atom is 0.0329 e. The van der Waals surface area contributed by atoms with Crippen molar-refractivity contribution in [3.8, 4) is 0 Å². The summed E-state index contributed by atoms with van der Waals surface area (Å²) in [5.74, 6) is 0.970. The molecule has 0 aromatic carbocycles. The number of nitrogens with zero attached hydrogens (tertiary/aromatic N) is 1. The molecule has 2 unspecified atom stereocenters. The lowest BCUT2D eigenvalue weighted by Gasteiger charge is -2.37. The first-order chi connectivity index (χ1) is 7.84. The molecule has 1 N–H and O–H groups in total. The third kappa shape index (κ3) is 2.17. The van der Waals surface area contributed by atoms with E-state index in [0.29, 0.717) is 6.04 Å². The van der Waals surface area contributed by atoms with Crippen LogP contribution in [0.3, 0.4) is 0 Å². The zero-order valence-electron chi connectivity index (χ0n) is 9.86. The molecule has 1 aromatic rings. The van der Waals surface area contributed by atoms with Crippen molar-refractivity contribution in [2.75, 3.05) is 19.6 Å². The molecule has 2 fully saturated rings. The van der Waals surface area contributed by atoms with E-state index in [2.05, 4.69) is 34.0 Å². The normalized spacial score (nSPS) is 29.2. The van der Waals surface area contributed by atoms with Crippen molar-refractivity contribution in [1.29, 1.82) is 0 Å². The number of rotatable bonds is 3. The minimum Gasteiger partial charge on any atom is -0.311 e.